The highest BCUT2D eigenvalue weighted by Gasteiger charge is 1.96. The van der Waals surface area contributed by atoms with Crippen molar-refractivity contribution < 1.29 is 4.39 Å². The van der Waals surface area contributed by atoms with Gasteiger partial charge in [0.25, 0.3) is 0 Å². The summed E-state index contributed by atoms with van der Waals surface area (Å²) in [6.45, 7) is 1.62. The maximum absolute atomic E-state index is 12.3. The first-order valence-corrected chi connectivity index (χ1v) is 4.81. The molecule has 0 bridgehead atoms. The van der Waals surface area contributed by atoms with Crippen molar-refractivity contribution in [2.75, 3.05) is 0 Å². The molecule has 12 heavy (non-hydrogen) atoms. The fraction of sp³-hybridized carbons (Fsp3) is 0.818. The topological polar surface area (TPSA) is 0 Å². The molecule has 0 saturated heterocycles. The zero-order valence-electron chi connectivity index (χ0n) is 7.91. The van der Waals surface area contributed by atoms with Crippen LogP contribution in [0, 0.1) is 12.3 Å². The molecule has 0 N–H and O–H groups in total. The van der Waals surface area contributed by atoms with Gasteiger partial charge in [0.05, 0.1) is 6.17 Å². The van der Waals surface area contributed by atoms with Crippen molar-refractivity contribution in [3.05, 3.63) is 6.42 Å². The van der Waals surface area contributed by atoms with Crippen LogP contribution in [0.1, 0.15) is 51.9 Å². The molecule has 0 amide bonds. The van der Waals surface area contributed by atoms with Gasteiger partial charge in [-0.2, -0.15) is 0 Å². The quantitative estimate of drug-likeness (QED) is 0.403. The molecule has 1 atom stereocenters. The van der Waals surface area contributed by atoms with Crippen LogP contribution in [-0.4, -0.2) is 6.17 Å². The van der Waals surface area contributed by atoms with E-state index in [-0.39, 0.29) is 0 Å². The van der Waals surface area contributed by atoms with E-state index in [0.717, 1.165) is 32.1 Å². The average molecular weight is 169 g/mol. The molecule has 0 aliphatic rings. The lowest BCUT2D eigenvalue weighted by Crippen LogP contribution is -1.91. The molecule has 0 aliphatic carbocycles. The highest BCUT2D eigenvalue weighted by molar-refractivity contribution is 4.74. The highest BCUT2D eigenvalue weighted by atomic mass is 19.1. The first-order valence-electron chi connectivity index (χ1n) is 4.81. The zero-order valence-corrected chi connectivity index (χ0v) is 7.91. The van der Waals surface area contributed by atoms with E-state index in [2.05, 4.69) is 5.92 Å². The Labute approximate surface area is 75.6 Å². The fourth-order valence-corrected chi connectivity index (χ4v) is 1.17. The van der Waals surface area contributed by atoms with Crippen LogP contribution in [0.4, 0.5) is 4.39 Å². The molecule has 0 rings (SSSR count). The molecule has 0 nitrogen and oxygen atoms in total. The fourth-order valence-electron chi connectivity index (χ4n) is 1.17. The van der Waals surface area contributed by atoms with Crippen LogP contribution < -0.4 is 0 Å². The van der Waals surface area contributed by atoms with Gasteiger partial charge >= 0.3 is 0 Å². The van der Waals surface area contributed by atoms with Gasteiger partial charge in [-0.15, -0.1) is 0 Å². The Morgan fingerprint density at radius 3 is 2.33 bits per heavy atom. The van der Waals surface area contributed by atoms with Gasteiger partial charge in [-0.1, -0.05) is 31.6 Å². The minimum Gasteiger partial charge on any atom is -0.248 e. The number of unbranched alkanes of at least 4 members (excludes halogenated alkanes) is 5. The Balaban J connectivity index is 2.87. The summed E-state index contributed by atoms with van der Waals surface area (Å²) in [5.41, 5.74) is 0. The van der Waals surface area contributed by atoms with E-state index < -0.39 is 6.17 Å². The molecule has 0 fully saturated rings. The summed E-state index contributed by atoms with van der Waals surface area (Å²) < 4.78 is 12.3. The molecule has 0 spiro atoms. The third-order valence-corrected chi connectivity index (χ3v) is 1.90. The van der Waals surface area contributed by atoms with E-state index in [4.69, 9.17) is 6.42 Å². The molecule has 0 aliphatic heterocycles. The van der Waals surface area contributed by atoms with Gasteiger partial charge < -0.3 is 0 Å². The van der Waals surface area contributed by atoms with Crippen LogP contribution in [0.25, 0.3) is 0 Å². The van der Waals surface area contributed by atoms with Crippen LogP contribution in [-0.2, 0) is 0 Å². The molecular weight excluding hydrogens is 151 g/mol. The largest absolute Gasteiger partial charge is 0.248 e. The second-order valence-corrected chi connectivity index (χ2v) is 3.26. The third-order valence-electron chi connectivity index (χ3n) is 1.90. The number of alkyl halides is 1. The summed E-state index contributed by atoms with van der Waals surface area (Å²) in [6, 6.07) is 0. The van der Waals surface area contributed by atoms with Crippen LogP contribution in [0.15, 0.2) is 0 Å². The third kappa shape index (κ3) is 9.49. The average Bonchev–Trinajstić information content (AvgIpc) is 2.02. The van der Waals surface area contributed by atoms with Crippen molar-refractivity contribution in [3.63, 3.8) is 0 Å². The monoisotopic (exact) mass is 169 g/mol. The maximum atomic E-state index is 12.3. The minimum absolute atomic E-state index is 0.639. The molecular formula is C11H18F. The van der Waals surface area contributed by atoms with Crippen molar-refractivity contribution in [2.45, 2.75) is 58.0 Å². The summed E-state index contributed by atoms with van der Waals surface area (Å²) >= 11 is 0. The molecule has 0 heterocycles. The van der Waals surface area contributed by atoms with Gasteiger partial charge in [-0.3, -0.25) is 0 Å². The lowest BCUT2D eigenvalue weighted by atomic mass is 10.1. The molecule has 0 saturated carbocycles. The van der Waals surface area contributed by atoms with Crippen molar-refractivity contribution >= 4 is 0 Å². The maximum Gasteiger partial charge on any atom is 0.0973 e. The molecule has 1 heteroatoms. The van der Waals surface area contributed by atoms with Crippen LogP contribution in [0.5, 0.6) is 0 Å². The van der Waals surface area contributed by atoms with Crippen molar-refractivity contribution in [3.8, 4) is 5.92 Å². The standard InChI is InChI=1S/C11H18F/c1-3-4-5-6-7-8-9-10-11(2)12/h11H,4-10H2,2H3. The zero-order chi connectivity index (χ0) is 9.23. The summed E-state index contributed by atoms with van der Waals surface area (Å²) in [5.74, 6) is 2.37. The Morgan fingerprint density at radius 2 is 1.75 bits per heavy atom. The van der Waals surface area contributed by atoms with Gasteiger partial charge in [-0.05, 0) is 26.2 Å². The number of rotatable bonds is 7. The van der Waals surface area contributed by atoms with Crippen LogP contribution in [0.2, 0.25) is 0 Å². The lowest BCUT2D eigenvalue weighted by molar-refractivity contribution is 0.329. The second-order valence-electron chi connectivity index (χ2n) is 3.26. The van der Waals surface area contributed by atoms with E-state index >= 15 is 0 Å². The summed E-state index contributed by atoms with van der Waals surface area (Å²) in [6.07, 6.45) is 13.1. The Hall–Kier alpha value is -0.510. The normalized spacial score (nSPS) is 12.4. The minimum atomic E-state index is -0.639. The Kier molecular flexibility index (Phi) is 8.22. The summed E-state index contributed by atoms with van der Waals surface area (Å²) in [7, 11) is 0. The first kappa shape index (κ1) is 11.5. The summed E-state index contributed by atoms with van der Waals surface area (Å²) in [5, 5.41) is 0. The smallest absolute Gasteiger partial charge is 0.0973 e. The van der Waals surface area contributed by atoms with Crippen molar-refractivity contribution in [1.29, 1.82) is 0 Å². The first-order chi connectivity index (χ1) is 5.77. The van der Waals surface area contributed by atoms with E-state index in [1.54, 1.807) is 6.92 Å². The van der Waals surface area contributed by atoms with E-state index in [1.807, 2.05) is 0 Å². The molecule has 0 aromatic carbocycles. The molecule has 0 aromatic rings. The van der Waals surface area contributed by atoms with Crippen molar-refractivity contribution in [2.24, 2.45) is 0 Å². The van der Waals surface area contributed by atoms with Gasteiger partial charge in [0.1, 0.15) is 0 Å². The number of hydrogen-bond donors (Lipinski definition) is 0. The number of halogens is 1. The summed E-state index contributed by atoms with van der Waals surface area (Å²) in [4.78, 5) is 0. The molecule has 0 aromatic heterocycles. The van der Waals surface area contributed by atoms with Gasteiger partial charge in [0, 0.05) is 6.42 Å². The van der Waals surface area contributed by atoms with E-state index in [9.17, 15) is 4.39 Å². The van der Waals surface area contributed by atoms with E-state index in [0.29, 0.717) is 6.42 Å². The highest BCUT2D eigenvalue weighted by Crippen LogP contribution is 2.09. The Morgan fingerprint density at radius 1 is 1.17 bits per heavy atom. The number of hydrogen-bond acceptors (Lipinski definition) is 0. The predicted molar refractivity (Wildman–Crippen MR) is 50.0 cm³/mol. The van der Waals surface area contributed by atoms with Crippen molar-refractivity contribution in [1.82, 2.24) is 0 Å². The lowest BCUT2D eigenvalue weighted by Gasteiger charge is -2.00. The van der Waals surface area contributed by atoms with Gasteiger partial charge in [-0.25, -0.2) is 4.39 Å². The Bertz CT molecular complexity index is 121. The molecule has 1 unspecified atom stereocenters. The van der Waals surface area contributed by atoms with Crippen LogP contribution in [0.3, 0.4) is 0 Å². The SMILES string of the molecule is [C]#CCCCCCCCC(C)F. The van der Waals surface area contributed by atoms with Crippen LogP contribution >= 0.6 is 0 Å². The van der Waals surface area contributed by atoms with E-state index in [1.165, 1.54) is 6.42 Å². The van der Waals surface area contributed by atoms with Gasteiger partial charge in [0.2, 0.25) is 0 Å². The van der Waals surface area contributed by atoms with Gasteiger partial charge in [0.15, 0.2) is 0 Å². The molecule has 1 radical (unpaired) electrons. The molecule has 69 valence electrons. The predicted octanol–water partition coefficient (Wildman–Crippen LogP) is 3.66. The second kappa shape index (κ2) is 8.59.